The number of hydrogen-bond donors (Lipinski definition) is 0. The zero-order valence-corrected chi connectivity index (χ0v) is 14.3. The van der Waals surface area contributed by atoms with E-state index in [0.29, 0.717) is 30.8 Å². The lowest BCUT2D eigenvalue weighted by Gasteiger charge is -2.39. The molecule has 128 valence electrons. The number of piperidine rings is 1. The fraction of sp³-hybridized carbons (Fsp3) is 0.500. The highest BCUT2D eigenvalue weighted by molar-refractivity contribution is 7.91. The van der Waals surface area contributed by atoms with Crippen LogP contribution >= 0.6 is 0 Å². The number of sulfone groups is 1. The zero-order valence-electron chi connectivity index (χ0n) is 13.5. The van der Waals surface area contributed by atoms with Gasteiger partial charge in [-0.3, -0.25) is 4.79 Å². The van der Waals surface area contributed by atoms with E-state index >= 15 is 0 Å². The Morgan fingerprint density at radius 2 is 2.04 bits per heavy atom. The number of amides is 1. The maximum Gasteiger partial charge on any atom is 0.253 e. The number of nitrogens with zero attached hydrogens (tertiary/aromatic N) is 1. The minimum Gasteiger partial charge on any atom is -0.481 e. The van der Waals surface area contributed by atoms with Gasteiger partial charge in [-0.2, -0.15) is 0 Å². The first kappa shape index (κ1) is 16.8. The first-order valence-electron chi connectivity index (χ1n) is 8.09. The van der Waals surface area contributed by atoms with E-state index in [-0.39, 0.29) is 29.4 Å². The van der Waals surface area contributed by atoms with Crippen LogP contribution in [0.1, 0.15) is 29.6 Å². The Morgan fingerprint density at radius 3 is 2.67 bits per heavy atom. The monoisotopic (exact) mass is 347 g/mol. The number of benzene rings is 1. The first-order chi connectivity index (χ1) is 11.4. The van der Waals surface area contributed by atoms with Gasteiger partial charge in [0.25, 0.3) is 5.91 Å². The zero-order chi connectivity index (χ0) is 17.2. The average Bonchev–Trinajstić information content (AvgIpc) is 2.87. The van der Waals surface area contributed by atoms with E-state index in [1.54, 1.807) is 29.2 Å². The van der Waals surface area contributed by atoms with E-state index in [0.717, 1.165) is 12.8 Å². The Hall–Kier alpha value is -2.00. The van der Waals surface area contributed by atoms with Gasteiger partial charge in [0.15, 0.2) is 9.84 Å². The van der Waals surface area contributed by atoms with Crippen molar-refractivity contribution in [1.29, 1.82) is 0 Å². The minimum atomic E-state index is -2.95. The molecular formula is C18H21NO4S. The van der Waals surface area contributed by atoms with Gasteiger partial charge < -0.3 is 9.64 Å². The van der Waals surface area contributed by atoms with Crippen LogP contribution in [0.5, 0.6) is 5.75 Å². The molecule has 2 fully saturated rings. The summed E-state index contributed by atoms with van der Waals surface area (Å²) in [4.78, 5) is 14.5. The van der Waals surface area contributed by atoms with E-state index < -0.39 is 9.84 Å². The van der Waals surface area contributed by atoms with Gasteiger partial charge in [0.2, 0.25) is 0 Å². The maximum atomic E-state index is 12.7. The highest BCUT2D eigenvalue weighted by atomic mass is 32.2. The van der Waals surface area contributed by atoms with Crippen LogP contribution in [-0.4, -0.2) is 50.4 Å². The molecule has 2 aliphatic rings. The standard InChI is InChI=1S/C18H21NO4S/c1-2-11-23-16-6-4-15(5-7-16)17(20)19-10-3-8-18(13-19)9-12-24(21,22)14-18/h1,4-7H,3,8-14H2. The molecular weight excluding hydrogens is 326 g/mol. The summed E-state index contributed by atoms with van der Waals surface area (Å²) in [6.07, 6.45) is 7.55. The third kappa shape index (κ3) is 3.57. The summed E-state index contributed by atoms with van der Waals surface area (Å²) in [5.41, 5.74) is 0.337. The lowest BCUT2D eigenvalue weighted by molar-refractivity contribution is 0.0564. The van der Waals surface area contributed by atoms with Gasteiger partial charge >= 0.3 is 0 Å². The van der Waals surface area contributed by atoms with Crippen molar-refractivity contribution in [2.24, 2.45) is 5.41 Å². The van der Waals surface area contributed by atoms with Crippen LogP contribution < -0.4 is 4.74 Å². The van der Waals surface area contributed by atoms with Gasteiger partial charge in [-0.25, -0.2) is 8.42 Å². The van der Waals surface area contributed by atoms with Crippen LogP contribution in [-0.2, 0) is 9.84 Å². The molecule has 1 aromatic rings. The van der Waals surface area contributed by atoms with E-state index in [2.05, 4.69) is 5.92 Å². The van der Waals surface area contributed by atoms with Crippen molar-refractivity contribution in [2.45, 2.75) is 19.3 Å². The van der Waals surface area contributed by atoms with E-state index in [4.69, 9.17) is 11.2 Å². The summed E-state index contributed by atoms with van der Waals surface area (Å²) in [6.45, 7) is 1.40. The van der Waals surface area contributed by atoms with E-state index in [1.165, 1.54) is 0 Å². The van der Waals surface area contributed by atoms with Crippen molar-refractivity contribution in [3.05, 3.63) is 29.8 Å². The molecule has 0 saturated carbocycles. The number of likely N-dealkylation sites (tertiary alicyclic amines) is 1. The second-order valence-corrected chi connectivity index (χ2v) is 8.87. The molecule has 1 atom stereocenters. The van der Waals surface area contributed by atoms with Crippen molar-refractivity contribution in [3.63, 3.8) is 0 Å². The van der Waals surface area contributed by atoms with Crippen molar-refractivity contribution in [3.8, 4) is 18.1 Å². The van der Waals surface area contributed by atoms with Gasteiger partial charge in [0, 0.05) is 24.1 Å². The van der Waals surface area contributed by atoms with Gasteiger partial charge in [0.1, 0.15) is 12.4 Å². The molecule has 5 nitrogen and oxygen atoms in total. The molecule has 2 heterocycles. The number of hydrogen-bond acceptors (Lipinski definition) is 4. The van der Waals surface area contributed by atoms with Crippen LogP contribution in [0, 0.1) is 17.8 Å². The van der Waals surface area contributed by atoms with Gasteiger partial charge in [0.05, 0.1) is 11.5 Å². The third-order valence-electron chi connectivity index (χ3n) is 4.84. The van der Waals surface area contributed by atoms with Crippen molar-refractivity contribution in [2.75, 3.05) is 31.2 Å². The minimum absolute atomic E-state index is 0.0538. The predicted molar refractivity (Wildman–Crippen MR) is 91.6 cm³/mol. The molecule has 0 bridgehead atoms. The second kappa shape index (κ2) is 6.48. The summed E-state index contributed by atoms with van der Waals surface area (Å²) < 4.78 is 29.0. The Morgan fingerprint density at radius 1 is 1.29 bits per heavy atom. The van der Waals surface area contributed by atoms with E-state index in [1.807, 2.05) is 0 Å². The van der Waals surface area contributed by atoms with Crippen LogP contribution in [0.4, 0.5) is 0 Å². The fourth-order valence-electron chi connectivity index (χ4n) is 3.69. The summed E-state index contributed by atoms with van der Waals surface area (Å²) in [5, 5.41) is 0. The number of carbonyl (C=O) groups is 1. The summed E-state index contributed by atoms with van der Waals surface area (Å²) >= 11 is 0. The van der Waals surface area contributed by atoms with Crippen LogP contribution in [0.15, 0.2) is 24.3 Å². The van der Waals surface area contributed by atoms with Gasteiger partial charge in [-0.1, -0.05) is 5.92 Å². The lowest BCUT2D eigenvalue weighted by atomic mass is 9.79. The quantitative estimate of drug-likeness (QED) is 0.782. The predicted octanol–water partition coefficient (Wildman–Crippen LogP) is 1.74. The highest BCUT2D eigenvalue weighted by Crippen LogP contribution is 2.40. The van der Waals surface area contributed by atoms with Crippen molar-refractivity contribution < 1.29 is 17.9 Å². The van der Waals surface area contributed by atoms with Crippen LogP contribution in [0.2, 0.25) is 0 Å². The summed E-state index contributed by atoms with van der Waals surface area (Å²) in [7, 11) is -2.95. The summed E-state index contributed by atoms with van der Waals surface area (Å²) in [6, 6.07) is 6.90. The molecule has 2 aliphatic heterocycles. The van der Waals surface area contributed by atoms with Crippen LogP contribution in [0.25, 0.3) is 0 Å². The average molecular weight is 347 g/mol. The largest absolute Gasteiger partial charge is 0.481 e. The topological polar surface area (TPSA) is 63.7 Å². The number of carbonyl (C=O) groups excluding carboxylic acids is 1. The van der Waals surface area contributed by atoms with Crippen LogP contribution in [0.3, 0.4) is 0 Å². The molecule has 0 N–H and O–H groups in total. The first-order valence-corrected chi connectivity index (χ1v) is 9.91. The molecule has 1 spiro atoms. The highest BCUT2D eigenvalue weighted by Gasteiger charge is 2.45. The van der Waals surface area contributed by atoms with Crippen molar-refractivity contribution in [1.82, 2.24) is 4.90 Å². The maximum absolute atomic E-state index is 12.7. The second-order valence-electron chi connectivity index (χ2n) is 6.69. The Kier molecular flexibility index (Phi) is 4.55. The van der Waals surface area contributed by atoms with Gasteiger partial charge in [-0.15, -0.1) is 6.42 Å². The number of ether oxygens (including phenoxy) is 1. The number of terminal acetylenes is 1. The third-order valence-corrected chi connectivity index (χ3v) is 6.72. The smallest absolute Gasteiger partial charge is 0.253 e. The molecule has 1 aromatic carbocycles. The lowest BCUT2D eigenvalue weighted by Crippen LogP contribution is -2.46. The Bertz CT molecular complexity index is 763. The summed E-state index contributed by atoms with van der Waals surface area (Å²) in [5.74, 6) is 3.42. The van der Waals surface area contributed by atoms with Crippen molar-refractivity contribution >= 4 is 15.7 Å². The molecule has 0 radical (unpaired) electrons. The number of rotatable bonds is 3. The SMILES string of the molecule is C#CCOc1ccc(C(=O)N2CCCC3(CCS(=O)(=O)C3)C2)cc1. The van der Waals surface area contributed by atoms with Gasteiger partial charge in [-0.05, 0) is 43.5 Å². The molecule has 2 saturated heterocycles. The normalized spacial score (nSPS) is 25.4. The molecule has 1 unspecified atom stereocenters. The molecule has 0 aromatic heterocycles. The Labute approximate surface area is 142 Å². The fourth-order valence-corrected chi connectivity index (χ4v) is 5.89. The Balaban J connectivity index is 1.70. The molecule has 0 aliphatic carbocycles. The van der Waals surface area contributed by atoms with E-state index in [9.17, 15) is 13.2 Å². The molecule has 6 heteroatoms. The molecule has 24 heavy (non-hydrogen) atoms. The molecule has 1 amide bonds. The molecule has 3 rings (SSSR count).